The molecule has 0 spiro atoms. The van der Waals surface area contributed by atoms with Crippen LogP contribution in [0.25, 0.3) is 11.1 Å². The molecule has 2 aromatic rings. The van der Waals surface area contributed by atoms with Crippen LogP contribution in [0.1, 0.15) is 29.9 Å². The monoisotopic (exact) mass is 208 g/mol. The minimum atomic E-state index is 0.838. The molecule has 0 heteroatoms. The maximum atomic E-state index is 2.35. The van der Waals surface area contributed by atoms with Crippen LogP contribution >= 0.6 is 0 Å². The van der Waals surface area contributed by atoms with Crippen LogP contribution in [-0.4, -0.2) is 0 Å². The smallest absolute Gasteiger partial charge is 0.0161 e. The van der Waals surface area contributed by atoms with E-state index >= 15 is 0 Å². The Labute approximate surface area is 96.9 Å². The van der Waals surface area contributed by atoms with Crippen molar-refractivity contribution in [1.29, 1.82) is 0 Å². The largest absolute Gasteiger partial charge is 0.0614 e. The minimum Gasteiger partial charge on any atom is -0.0614 e. The van der Waals surface area contributed by atoms with Crippen molar-refractivity contribution in [3.8, 4) is 11.1 Å². The summed E-state index contributed by atoms with van der Waals surface area (Å²) in [6.07, 6.45) is 2.74. The first kappa shape index (κ1) is 9.65. The Morgan fingerprint density at radius 2 is 1.62 bits per heavy atom. The molecule has 3 rings (SSSR count). The lowest BCUT2D eigenvalue weighted by Crippen LogP contribution is -1.82. The lowest BCUT2D eigenvalue weighted by molar-refractivity contribution is 1.13. The summed E-state index contributed by atoms with van der Waals surface area (Å²) >= 11 is 0. The van der Waals surface area contributed by atoms with Gasteiger partial charge in [-0.3, -0.25) is 0 Å². The molecule has 0 nitrogen and oxygen atoms in total. The molecule has 0 radical (unpaired) electrons. The summed E-state index contributed by atoms with van der Waals surface area (Å²) in [4.78, 5) is 0. The van der Waals surface area contributed by atoms with Gasteiger partial charge in [0.2, 0.25) is 0 Å². The van der Waals surface area contributed by atoms with Crippen molar-refractivity contribution in [3.05, 3.63) is 59.7 Å². The van der Waals surface area contributed by atoms with Crippen molar-refractivity contribution >= 4 is 0 Å². The highest BCUT2D eigenvalue weighted by Gasteiger charge is 2.23. The van der Waals surface area contributed by atoms with E-state index in [9.17, 15) is 0 Å². The molecule has 2 aromatic carbocycles. The molecule has 0 N–H and O–H groups in total. The van der Waals surface area contributed by atoms with Crippen LogP contribution in [-0.2, 0) is 0 Å². The molecule has 1 aliphatic rings. The average Bonchev–Trinajstić information content (AvgIpc) is 3.14. The Morgan fingerprint density at radius 3 is 2.31 bits per heavy atom. The fraction of sp³-hybridized carbons (Fsp3) is 0.250. The van der Waals surface area contributed by atoms with Gasteiger partial charge in [0.15, 0.2) is 0 Å². The standard InChI is InChI=1S/C16H16/c1-12-5-7-13(8-6-12)15-3-2-4-16(11-15)14-9-10-14/h2-8,11,14H,9-10H2,1H3. The molecule has 0 amide bonds. The number of hydrogen-bond acceptors (Lipinski definition) is 0. The first-order valence-corrected chi connectivity index (χ1v) is 6.00. The van der Waals surface area contributed by atoms with E-state index in [0.29, 0.717) is 0 Å². The summed E-state index contributed by atoms with van der Waals surface area (Å²) in [6, 6.07) is 17.8. The van der Waals surface area contributed by atoms with Crippen molar-refractivity contribution in [3.63, 3.8) is 0 Å². The molecular formula is C16H16. The van der Waals surface area contributed by atoms with E-state index in [-0.39, 0.29) is 0 Å². The molecule has 1 aliphatic carbocycles. The maximum absolute atomic E-state index is 2.35. The van der Waals surface area contributed by atoms with Gasteiger partial charge in [0.25, 0.3) is 0 Å². The second-order valence-electron chi connectivity index (χ2n) is 4.77. The highest BCUT2D eigenvalue weighted by atomic mass is 14.3. The topological polar surface area (TPSA) is 0 Å². The third-order valence-electron chi connectivity index (χ3n) is 3.32. The van der Waals surface area contributed by atoms with Gasteiger partial charge in [-0.05, 0) is 42.4 Å². The summed E-state index contributed by atoms with van der Waals surface area (Å²) < 4.78 is 0. The van der Waals surface area contributed by atoms with Gasteiger partial charge in [-0.25, -0.2) is 0 Å². The summed E-state index contributed by atoms with van der Waals surface area (Å²) in [5, 5.41) is 0. The van der Waals surface area contributed by atoms with Gasteiger partial charge >= 0.3 is 0 Å². The second-order valence-corrected chi connectivity index (χ2v) is 4.77. The van der Waals surface area contributed by atoms with Crippen molar-refractivity contribution in [2.45, 2.75) is 25.7 Å². The number of rotatable bonds is 2. The molecule has 0 aliphatic heterocycles. The van der Waals surface area contributed by atoms with E-state index < -0.39 is 0 Å². The van der Waals surface area contributed by atoms with Crippen LogP contribution < -0.4 is 0 Å². The SMILES string of the molecule is Cc1ccc(-c2cccc(C3CC3)c2)cc1. The predicted molar refractivity (Wildman–Crippen MR) is 68.6 cm³/mol. The normalized spacial score (nSPS) is 15.1. The van der Waals surface area contributed by atoms with E-state index in [1.54, 1.807) is 0 Å². The van der Waals surface area contributed by atoms with Gasteiger partial charge in [-0.15, -0.1) is 0 Å². The Morgan fingerprint density at radius 1 is 0.875 bits per heavy atom. The minimum absolute atomic E-state index is 0.838. The Balaban J connectivity index is 1.98. The van der Waals surface area contributed by atoms with Gasteiger partial charge in [-0.1, -0.05) is 54.1 Å². The fourth-order valence-electron chi connectivity index (χ4n) is 2.13. The van der Waals surface area contributed by atoms with Crippen molar-refractivity contribution < 1.29 is 0 Å². The van der Waals surface area contributed by atoms with Crippen LogP contribution in [0, 0.1) is 6.92 Å². The van der Waals surface area contributed by atoms with Gasteiger partial charge < -0.3 is 0 Å². The van der Waals surface area contributed by atoms with Gasteiger partial charge in [0, 0.05) is 0 Å². The van der Waals surface area contributed by atoms with Crippen molar-refractivity contribution in [2.24, 2.45) is 0 Å². The molecule has 1 fully saturated rings. The molecular weight excluding hydrogens is 192 g/mol. The zero-order chi connectivity index (χ0) is 11.0. The van der Waals surface area contributed by atoms with Crippen LogP contribution in [0.5, 0.6) is 0 Å². The molecule has 80 valence electrons. The highest BCUT2D eigenvalue weighted by molar-refractivity contribution is 5.64. The first-order valence-electron chi connectivity index (χ1n) is 6.00. The van der Waals surface area contributed by atoms with E-state index in [1.165, 1.54) is 35.1 Å². The summed E-state index contributed by atoms with van der Waals surface area (Å²) in [7, 11) is 0. The van der Waals surface area contributed by atoms with Crippen LogP contribution in [0.3, 0.4) is 0 Å². The molecule has 0 heterocycles. The lowest BCUT2D eigenvalue weighted by Gasteiger charge is -2.05. The van der Waals surface area contributed by atoms with Crippen molar-refractivity contribution in [2.75, 3.05) is 0 Å². The lowest BCUT2D eigenvalue weighted by atomic mass is 10.0. The van der Waals surface area contributed by atoms with Gasteiger partial charge in [0.05, 0.1) is 0 Å². The molecule has 0 saturated heterocycles. The molecule has 0 aromatic heterocycles. The van der Waals surface area contributed by atoms with Crippen molar-refractivity contribution in [1.82, 2.24) is 0 Å². The predicted octanol–water partition coefficient (Wildman–Crippen LogP) is 4.54. The zero-order valence-electron chi connectivity index (χ0n) is 9.61. The Kier molecular flexibility index (Phi) is 2.28. The summed E-state index contributed by atoms with van der Waals surface area (Å²) in [5.74, 6) is 0.838. The summed E-state index contributed by atoms with van der Waals surface area (Å²) in [5.41, 5.74) is 5.51. The molecule has 0 unspecified atom stereocenters. The van der Waals surface area contributed by atoms with Crippen LogP contribution in [0.15, 0.2) is 48.5 Å². The second kappa shape index (κ2) is 3.79. The first-order chi connectivity index (χ1) is 7.83. The fourth-order valence-corrected chi connectivity index (χ4v) is 2.13. The number of hydrogen-bond donors (Lipinski definition) is 0. The molecule has 0 bridgehead atoms. The van der Waals surface area contributed by atoms with E-state index in [0.717, 1.165) is 5.92 Å². The Bertz CT molecular complexity index is 490. The molecule has 1 saturated carbocycles. The van der Waals surface area contributed by atoms with E-state index in [1.807, 2.05) is 0 Å². The van der Waals surface area contributed by atoms with E-state index in [4.69, 9.17) is 0 Å². The van der Waals surface area contributed by atoms with Gasteiger partial charge in [0.1, 0.15) is 0 Å². The Hall–Kier alpha value is -1.56. The van der Waals surface area contributed by atoms with Gasteiger partial charge in [-0.2, -0.15) is 0 Å². The third kappa shape index (κ3) is 1.88. The summed E-state index contributed by atoms with van der Waals surface area (Å²) in [6.45, 7) is 2.13. The average molecular weight is 208 g/mol. The quantitative estimate of drug-likeness (QED) is 0.679. The number of aryl methyl sites for hydroxylation is 1. The zero-order valence-corrected chi connectivity index (χ0v) is 9.61. The third-order valence-corrected chi connectivity index (χ3v) is 3.32. The van der Waals surface area contributed by atoms with Crippen LogP contribution in [0.2, 0.25) is 0 Å². The molecule has 0 atom stereocenters. The highest BCUT2D eigenvalue weighted by Crippen LogP contribution is 2.41. The van der Waals surface area contributed by atoms with Crippen LogP contribution in [0.4, 0.5) is 0 Å². The maximum Gasteiger partial charge on any atom is -0.0161 e. The van der Waals surface area contributed by atoms with E-state index in [2.05, 4.69) is 55.5 Å². The number of benzene rings is 2. The molecule has 16 heavy (non-hydrogen) atoms.